The standard InChI is InChI=1S/C13H25NO/c1-5-14-13(15)12-8-10(4)6-7-11(12)9(2)3/h9-12H,5-8H2,1-4H3,(H,14,15)/t10-,11?,12-/m1/s1. The van der Waals surface area contributed by atoms with Crippen LogP contribution in [0.1, 0.15) is 47.0 Å². The van der Waals surface area contributed by atoms with Crippen molar-refractivity contribution in [2.75, 3.05) is 6.54 Å². The summed E-state index contributed by atoms with van der Waals surface area (Å²) in [6.45, 7) is 9.51. The molecule has 1 aliphatic rings. The average Bonchev–Trinajstić information content (AvgIpc) is 2.17. The minimum atomic E-state index is 0.258. The molecule has 1 unspecified atom stereocenters. The quantitative estimate of drug-likeness (QED) is 0.764. The van der Waals surface area contributed by atoms with Gasteiger partial charge in [-0.3, -0.25) is 4.79 Å². The van der Waals surface area contributed by atoms with E-state index in [9.17, 15) is 4.79 Å². The third-order valence-corrected chi connectivity index (χ3v) is 3.71. The lowest BCUT2D eigenvalue weighted by Gasteiger charge is -2.36. The zero-order valence-corrected chi connectivity index (χ0v) is 10.5. The first kappa shape index (κ1) is 12.5. The molecule has 1 N–H and O–H groups in total. The van der Waals surface area contributed by atoms with Gasteiger partial charge in [0.25, 0.3) is 0 Å². The Balaban J connectivity index is 2.65. The summed E-state index contributed by atoms with van der Waals surface area (Å²) >= 11 is 0. The smallest absolute Gasteiger partial charge is 0.223 e. The molecule has 88 valence electrons. The maximum Gasteiger partial charge on any atom is 0.223 e. The monoisotopic (exact) mass is 211 g/mol. The zero-order chi connectivity index (χ0) is 11.4. The van der Waals surface area contributed by atoms with Gasteiger partial charge in [0.1, 0.15) is 0 Å². The van der Waals surface area contributed by atoms with Crippen molar-refractivity contribution in [2.24, 2.45) is 23.7 Å². The fourth-order valence-corrected chi connectivity index (χ4v) is 2.81. The number of hydrogen-bond acceptors (Lipinski definition) is 1. The van der Waals surface area contributed by atoms with Crippen LogP contribution < -0.4 is 5.32 Å². The highest BCUT2D eigenvalue weighted by Crippen LogP contribution is 2.37. The molecule has 0 heterocycles. The van der Waals surface area contributed by atoms with E-state index < -0.39 is 0 Å². The molecule has 1 fully saturated rings. The van der Waals surface area contributed by atoms with Crippen LogP contribution in [0.2, 0.25) is 0 Å². The third kappa shape index (κ3) is 3.22. The highest BCUT2D eigenvalue weighted by Gasteiger charge is 2.34. The topological polar surface area (TPSA) is 29.1 Å². The molecule has 1 amide bonds. The van der Waals surface area contributed by atoms with Gasteiger partial charge in [-0.2, -0.15) is 0 Å². The van der Waals surface area contributed by atoms with Crippen molar-refractivity contribution in [1.82, 2.24) is 5.32 Å². The predicted molar refractivity (Wildman–Crippen MR) is 63.5 cm³/mol. The van der Waals surface area contributed by atoms with Crippen LogP contribution in [0.25, 0.3) is 0 Å². The summed E-state index contributed by atoms with van der Waals surface area (Å²) in [4.78, 5) is 11.9. The molecule has 2 nitrogen and oxygen atoms in total. The van der Waals surface area contributed by atoms with E-state index in [0.29, 0.717) is 17.8 Å². The second kappa shape index (κ2) is 5.53. The van der Waals surface area contributed by atoms with Gasteiger partial charge in [0.05, 0.1) is 0 Å². The van der Waals surface area contributed by atoms with Gasteiger partial charge in [-0.15, -0.1) is 0 Å². The van der Waals surface area contributed by atoms with Gasteiger partial charge in [-0.05, 0) is 37.5 Å². The van der Waals surface area contributed by atoms with Crippen LogP contribution in [0.15, 0.2) is 0 Å². The van der Waals surface area contributed by atoms with E-state index in [1.54, 1.807) is 0 Å². The van der Waals surface area contributed by atoms with E-state index in [1.807, 2.05) is 6.92 Å². The second-order valence-corrected chi connectivity index (χ2v) is 5.33. The maximum absolute atomic E-state index is 11.9. The lowest BCUT2D eigenvalue weighted by atomic mass is 9.70. The van der Waals surface area contributed by atoms with Gasteiger partial charge in [0.15, 0.2) is 0 Å². The largest absolute Gasteiger partial charge is 0.356 e. The van der Waals surface area contributed by atoms with Gasteiger partial charge >= 0.3 is 0 Å². The van der Waals surface area contributed by atoms with Crippen LogP contribution in [-0.4, -0.2) is 12.5 Å². The Bertz CT molecular complexity index is 213. The van der Waals surface area contributed by atoms with E-state index in [4.69, 9.17) is 0 Å². The summed E-state index contributed by atoms with van der Waals surface area (Å²) in [5.74, 6) is 2.47. The van der Waals surface area contributed by atoms with Crippen molar-refractivity contribution >= 4 is 5.91 Å². The van der Waals surface area contributed by atoms with Gasteiger partial charge in [-0.25, -0.2) is 0 Å². The molecule has 2 heteroatoms. The number of carbonyl (C=O) groups excluding carboxylic acids is 1. The Morgan fingerprint density at radius 3 is 2.60 bits per heavy atom. The van der Waals surface area contributed by atoms with E-state index >= 15 is 0 Å². The SMILES string of the molecule is CCNC(=O)[C@@H]1C[C@H](C)CCC1C(C)C. The fourth-order valence-electron chi connectivity index (χ4n) is 2.81. The maximum atomic E-state index is 11.9. The van der Waals surface area contributed by atoms with E-state index in [0.717, 1.165) is 13.0 Å². The first-order valence-electron chi connectivity index (χ1n) is 6.34. The molecule has 0 spiro atoms. The molecule has 0 radical (unpaired) electrons. The van der Waals surface area contributed by atoms with Crippen molar-refractivity contribution < 1.29 is 4.79 Å². The third-order valence-electron chi connectivity index (χ3n) is 3.71. The number of nitrogens with one attached hydrogen (secondary N) is 1. The van der Waals surface area contributed by atoms with Crippen molar-refractivity contribution in [3.05, 3.63) is 0 Å². The first-order valence-corrected chi connectivity index (χ1v) is 6.34. The van der Waals surface area contributed by atoms with Crippen LogP contribution in [0.3, 0.4) is 0 Å². The van der Waals surface area contributed by atoms with E-state index in [1.165, 1.54) is 12.8 Å². The van der Waals surface area contributed by atoms with Crippen molar-refractivity contribution in [3.63, 3.8) is 0 Å². The molecular formula is C13H25NO. The molecule has 0 aromatic carbocycles. The summed E-state index contributed by atoms with van der Waals surface area (Å²) in [6, 6.07) is 0. The Hall–Kier alpha value is -0.530. The van der Waals surface area contributed by atoms with Crippen LogP contribution in [-0.2, 0) is 4.79 Å². The molecule has 0 aliphatic heterocycles. The van der Waals surface area contributed by atoms with Crippen molar-refractivity contribution in [3.8, 4) is 0 Å². The summed E-state index contributed by atoms with van der Waals surface area (Å²) in [5.41, 5.74) is 0. The minimum Gasteiger partial charge on any atom is -0.356 e. The Morgan fingerprint density at radius 1 is 1.40 bits per heavy atom. The number of amides is 1. The van der Waals surface area contributed by atoms with Gasteiger partial charge < -0.3 is 5.32 Å². The van der Waals surface area contributed by atoms with E-state index in [2.05, 4.69) is 26.1 Å². The van der Waals surface area contributed by atoms with Gasteiger partial charge in [0.2, 0.25) is 5.91 Å². The van der Waals surface area contributed by atoms with E-state index in [-0.39, 0.29) is 11.8 Å². The van der Waals surface area contributed by atoms with Crippen LogP contribution in [0, 0.1) is 23.7 Å². The molecule has 0 bridgehead atoms. The second-order valence-electron chi connectivity index (χ2n) is 5.33. The molecule has 3 atom stereocenters. The molecular weight excluding hydrogens is 186 g/mol. The normalized spacial score (nSPS) is 31.7. The fraction of sp³-hybridized carbons (Fsp3) is 0.923. The lowest BCUT2D eigenvalue weighted by Crippen LogP contribution is -2.40. The van der Waals surface area contributed by atoms with Gasteiger partial charge in [0, 0.05) is 12.5 Å². The predicted octanol–water partition coefficient (Wildman–Crippen LogP) is 2.83. The highest BCUT2D eigenvalue weighted by molar-refractivity contribution is 5.79. The summed E-state index contributed by atoms with van der Waals surface area (Å²) in [6.07, 6.45) is 3.59. The number of carbonyl (C=O) groups is 1. The molecule has 15 heavy (non-hydrogen) atoms. The minimum absolute atomic E-state index is 0.258. The summed E-state index contributed by atoms with van der Waals surface area (Å²) in [7, 11) is 0. The Labute approximate surface area is 93.8 Å². The molecule has 1 saturated carbocycles. The zero-order valence-electron chi connectivity index (χ0n) is 10.5. The van der Waals surface area contributed by atoms with Gasteiger partial charge in [-0.1, -0.05) is 27.2 Å². The number of rotatable bonds is 3. The lowest BCUT2D eigenvalue weighted by molar-refractivity contribution is -0.129. The van der Waals surface area contributed by atoms with Crippen LogP contribution >= 0.6 is 0 Å². The first-order chi connectivity index (χ1) is 7.06. The summed E-state index contributed by atoms with van der Waals surface area (Å²) in [5, 5.41) is 2.98. The van der Waals surface area contributed by atoms with Crippen LogP contribution in [0.4, 0.5) is 0 Å². The van der Waals surface area contributed by atoms with Crippen molar-refractivity contribution in [2.45, 2.75) is 47.0 Å². The average molecular weight is 211 g/mol. The number of hydrogen-bond donors (Lipinski definition) is 1. The summed E-state index contributed by atoms with van der Waals surface area (Å²) < 4.78 is 0. The Kier molecular flexibility index (Phi) is 4.62. The van der Waals surface area contributed by atoms with Crippen LogP contribution in [0.5, 0.6) is 0 Å². The molecule has 1 aliphatic carbocycles. The molecule has 0 aromatic rings. The van der Waals surface area contributed by atoms with Crippen molar-refractivity contribution in [1.29, 1.82) is 0 Å². The highest BCUT2D eigenvalue weighted by atomic mass is 16.1. The Morgan fingerprint density at radius 2 is 2.07 bits per heavy atom. The molecule has 0 saturated heterocycles. The molecule has 1 rings (SSSR count). The molecule has 0 aromatic heterocycles.